The smallest absolute Gasteiger partial charge is 0.231 e. The van der Waals surface area contributed by atoms with E-state index in [1.54, 1.807) is 0 Å². The van der Waals surface area contributed by atoms with Crippen molar-refractivity contribution in [2.45, 2.75) is 20.3 Å². The van der Waals surface area contributed by atoms with Gasteiger partial charge in [0.2, 0.25) is 11.2 Å². The van der Waals surface area contributed by atoms with E-state index < -0.39 is 0 Å². The van der Waals surface area contributed by atoms with E-state index in [1.165, 1.54) is 0 Å². The average Bonchev–Trinajstić information content (AvgIpc) is 2.48. The maximum atomic E-state index is 5.97. The van der Waals surface area contributed by atoms with Crippen molar-refractivity contribution in [2.24, 2.45) is 0 Å². The Bertz CT molecular complexity index is 805. The summed E-state index contributed by atoms with van der Waals surface area (Å²) in [7, 11) is 0. The van der Waals surface area contributed by atoms with Gasteiger partial charge in [-0.05, 0) is 49.2 Å². The van der Waals surface area contributed by atoms with E-state index >= 15 is 0 Å². The zero-order valence-electron chi connectivity index (χ0n) is 11.8. The minimum Gasteiger partial charge on any atom is -0.436 e. The lowest BCUT2D eigenvalue weighted by Gasteiger charge is -2.11. The molecule has 2 heterocycles. The topological polar surface area (TPSA) is 47.9 Å². The van der Waals surface area contributed by atoms with E-state index in [2.05, 4.69) is 15.0 Å². The fourth-order valence-electron chi connectivity index (χ4n) is 2.15. The molecule has 0 aliphatic rings. The molecule has 0 unspecified atom stereocenters. The lowest BCUT2D eigenvalue weighted by Crippen LogP contribution is -1.98. The van der Waals surface area contributed by atoms with Crippen molar-refractivity contribution in [3.05, 3.63) is 53.1 Å². The van der Waals surface area contributed by atoms with Gasteiger partial charge in [-0.2, -0.15) is 4.98 Å². The van der Waals surface area contributed by atoms with Crippen LogP contribution in [0.25, 0.3) is 10.9 Å². The Morgan fingerprint density at radius 3 is 2.67 bits per heavy atom. The number of aryl methyl sites for hydroxylation is 2. The molecule has 0 aliphatic carbocycles. The maximum absolute atomic E-state index is 5.97. The first-order valence-corrected chi connectivity index (χ1v) is 7.12. The van der Waals surface area contributed by atoms with Crippen LogP contribution in [0.15, 0.2) is 36.4 Å². The second-order valence-electron chi connectivity index (χ2n) is 4.67. The fourth-order valence-corrected chi connectivity index (χ4v) is 2.31. The van der Waals surface area contributed by atoms with Crippen LogP contribution in [0.2, 0.25) is 5.28 Å². The zero-order valence-corrected chi connectivity index (χ0v) is 12.6. The van der Waals surface area contributed by atoms with E-state index in [0.29, 0.717) is 11.6 Å². The van der Waals surface area contributed by atoms with Gasteiger partial charge in [0.1, 0.15) is 0 Å². The van der Waals surface area contributed by atoms with E-state index in [-0.39, 0.29) is 5.28 Å². The Labute approximate surface area is 127 Å². The highest BCUT2D eigenvalue weighted by atomic mass is 35.5. The number of para-hydroxylation sites is 1. The number of aromatic nitrogens is 3. The van der Waals surface area contributed by atoms with Gasteiger partial charge in [-0.3, -0.25) is 4.98 Å². The lowest BCUT2D eigenvalue weighted by molar-refractivity contribution is 0.459. The molecule has 106 valence electrons. The molecule has 0 atom stereocenters. The van der Waals surface area contributed by atoms with Crippen LogP contribution in [-0.4, -0.2) is 15.0 Å². The van der Waals surface area contributed by atoms with Crippen LogP contribution in [0, 0.1) is 6.92 Å². The molecule has 1 aromatic carbocycles. The molecule has 2 aromatic heterocycles. The lowest BCUT2D eigenvalue weighted by atomic mass is 10.2. The van der Waals surface area contributed by atoms with Crippen molar-refractivity contribution < 1.29 is 4.74 Å². The van der Waals surface area contributed by atoms with E-state index in [1.807, 2.05) is 50.2 Å². The molecule has 0 bridgehead atoms. The summed E-state index contributed by atoms with van der Waals surface area (Å²) < 4.78 is 5.95. The number of hydrogen-bond acceptors (Lipinski definition) is 4. The van der Waals surface area contributed by atoms with Crippen LogP contribution in [-0.2, 0) is 6.42 Å². The van der Waals surface area contributed by atoms with Crippen molar-refractivity contribution in [1.29, 1.82) is 0 Å². The molecule has 0 amide bonds. The molecule has 0 fully saturated rings. The number of rotatable bonds is 3. The molecular formula is C16H14ClN3O. The van der Waals surface area contributed by atoms with Crippen LogP contribution in [0.1, 0.15) is 18.3 Å². The molecule has 0 saturated carbocycles. The number of pyridine rings is 1. The first-order valence-electron chi connectivity index (χ1n) is 6.74. The summed E-state index contributed by atoms with van der Waals surface area (Å²) in [6, 6.07) is 11.4. The second kappa shape index (κ2) is 5.66. The molecule has 0 N–H and O–H groups in total. The zero-order chi connectivity index (χ0) is 14.8. The van der Waals surface area contributed by atoms with Crippen LogP contribution < -0.4 is 4.74 Å². The molecule has 0 saturated heterocycles. The highest BCUT2D eigenvalue weighted by Crippen LogP contribution is 2.30. The minimum absolute atomic E-state index is 0.168. The highest BCUT2D eigenvalue weighted by Gasteiger charge is 2.11. The van der Waals surface area contributed by atoms with Crippen molar-refractivity contribution >= 4 is 22.5 Å². The quantitative estimate of drug-likeness (QED) is 0.675. The van der Waals surface area contributed by atoms with Crippen molar-refractivity contribution in [3.8, 4) is 11.6 Å². The van der Waals surface area contributed by atoms with E-state index in [0.717, 1.165) is 28.7 Å². The van der Waals surface area contributed by atoms with Crippen molar-refractivity contribution in [2.75, 3.05) is 0 Å². The molecule has 3 aromatic rings. The first kappa shape index (κ1) is 13.8. The van der Waals surface area contributed by atoms with Gasteiger partial charge >= 0.3 is 0 Å². The van der Waals surface area contributed by atoms with Crippen LogP contribution >= 0.6 is 11.6 Å². The predicted molar refractivity (Wildman–Crippen MR) is 83.0 cm³/mol. The Kier molecular flexibility index (Phi) is 3.71. The molecule has 0 radical (unpaired) electrons. The van der Waals surface area contributed by atoms with Gasteiger partial charge in [-0.25, -0.2) is 4.98 Å². The van der Waals surface area contributed by atoms with Crippen LogP contribution in [0.5, 0.6) is 11.6 Å². The van der Waals surface area contributed by atoms with Crippen molar-refractivity contribution in [1.82, 2.24) is 15.0 Å². The summed E-state index contributed by atoms with van der Waals surface area (Å²) >= 11 is 5.97. The number of ether oxygens (including phenoxy) is 1. The Morgan fingerprint density at radius 1 is 1.05 bits per heavy atom. The molecule has 4 nitrogen and oxygen atoms in total. The van der Waals surface area contributed by atoms with E-state index in [9.17, 15) is 0 Å². The number of benzene rings is 1. The summed E-state index contributed by atoms with van der Waals surface area (Å²) in [5, 5.41) is 0.992. The largest absolute Gasteiger partial charge is 0.436 e. The number of halogens is 1. The van der Waals surface area contributed by atoms with Gasteiger partial charge in [-0.15, -0.1) is 0 Å². The molecule has 0 spiro atoms. The normalized spacial score (nSPS) is 10.8. The maximum Gasteiger partial charge on any atom is 0.231 e. The van der Waals surface area contributed by atoms with Crippen LogP contribution in [0.3, 0.4) is 0 Å². The molecule has 0 aliphatic heterocycles. The van der Waals surface area contributed by atoms with Gasteiger partial charge in [-0.1, -0.05) is 19.1 Å². The fraction of sp³-hybridized carbons (Fsp3) is 0.188. The Hall–Kier alpha value is -2.20. The molecule has 5 heteroatoms. The minimum atomic E-state index is 0.168. The predicted octanol–water partition coefficient (Wildman–Crippen LogP) is 4.34. The van der Waals surface area contributed by atoms with Gasteiger partial charge < -0.3 is 4.74 Å². The van der Waals surface area contributed by atoms with Gasteiger partial charge in [0.25, 0.3) is 0 Å². The Morgan fingerprint density at radius 2 is 1.86 bits per heavy atom. The molecule has 21 heavy (non-hydrogen) atoms. The summed E-state index contributed by atoms with van der Waals surface area (Å²) in [5.74, 6) is 1.15. The number of fused-ring (bicyclic) bond motifs is 1. The summed E-state index contributed by atoms with van der Waals surface area (Å²) in [4.78, 5) is 12.9. The summed E-state index contributed by atoms with van der Waals surface area (Å²) in [5.41, 5.74) is 2.62. The number of nitrogens with zero attached hydrogens (tertiary/aromatic N) is 3. The van der Waals surface area contributed by atoms with E-state index in [4.69, 9.17) is 16.3 Å². The molecular weight excluding hydrogens is 286 g/mol. The monoisotopic (exact) mass is 299 g/mol. The summed E-state index contributed by atoms with van der Waals surface area (Å²) in [6.45, 7) is 4.00. The number of hydrogen-bond donors (Lipinski definition) is 0. The second-order valence-corrected chi connectivity index (χ2v) is 5.01. The van der Waals surface area contributed by atoms with Crippen molar-refractivity contribution in [3.63, 3.8) is 0 Å². The van der Waals surface area contributed by atoms with Crippen LogP contribution in [0.4, 0.5) is 0 Å². The van der Waals surface area contributed by atoms with Gasteiger partial charge in [0.15, 0.2) is 5.75 Å². The SMILES string of the molecule is CCc1nc(C)ccc1Oc1nc(Cl)nc2ccccc12. The third-order valence-corrected chi connectivity index (χ3v) is 3.32. The third-order valence-electron chi connectivity index (χ3n) is 3.15. The first-order chi connectivity index (χ1) is 10.2. The van der Waals surface area contributed by atoms with Gasteiger partial charge in [0.05, 0.1) is 16.6 Å². The third kappa shape index (κ3) is 2.81. The highest BCUT2D eigenvalue weighted by molar-refractivity contribution is 6.28. The molecule has 3 rings (SSSR count). The Balaban J connectivity index is 2.10. The summed E-state index contributed by atoms with van der Waals surface area (Å²) in [6.07, 6.45) is 0.785. The standard InChI is InChI=1S/C16H14ClN3O/c1-3-12-14(9-8-10(2)18-12)21-15-11-6-4-5-7-13(11)19-16(17)20-15/h4-9H,3H2,1-2H3. The van der Waals surface area contributed by atoms with Gasteiger partial charge in [0, 0.05) is 5.69 Å². The average molecular weight is 300 g/mol.